The average Bonchev–Trinajstić information content (AvgIpc) is 2.99. The number of methoxy groups -OCH3 is 1. The summed E-state index contributed by atoms with van der Waals surface area (Å²) in [6.45, 7) is 1.79. The van der Waals surface area contributed by atoms with E-state index in [2.05, 4.69) is 21.2 Å². The molecule has 0 spiro atoms. The molecule has 0 bridgehead atoms. The van der Waals surface area contributed by atoms with Gasteiger partial charge in [-0.25, -0.2) is 4.79 Å². The smallest absolute Gasteiger partial charge is 0.325 e. The Hall–Kier alpha value is -2.87. The molecule has 2 aromatic carbocycles. The van der Waals surface area contributed by atoms with E-state index in [1.165, 1.54) is 4.90 Å². The zero-order valence-corrected chi connectivity index (χ0v) is 18.7. The van der Waals surface area contributed by atoms with E-state index >= 15 is 0 Å². The molecule has 8 heteroatoms. The number of carbonyl (C=O) groups excluding carboxylic acids is 3. The second kappa shape index (κ2) is 8.87. The number of hydrogen-bond acceptors (Lipinski definition) is 4. The molecule has 158 valence electrons. The summed E-state index contributed by atoms with van der Waals surface area (Å²) in [5.74, 6) is -0.106. The van der Waals surface area contributed by atoms with Crippen LogP contribution in [0.3, 0.4) is 0 Å². The second-order valence-corrected chi connectivity index (χ2v) is 8.07. The zero-order valence-electron chi connectivity index (χ0n) is 17.1. The van der Waals surface area contributed by atoms with Crippen molar-refractivity contribution in [2.75, 3.05) is 20.7 Å². The molecule has 2 aromatic rings. The molecule has 0 radical (unpaired) electrons. The summed E-state index contributed by atoms with van der Waals surface area (Å²) in [4.78, 5) is 41.0. The van der Waals surface area contributed by atoms with Crippen LogP contribution >= 0.6 is 15.9 Å². The van der Waals surface area contributed by atoms with E-state index in [0.717, 1.165) is 14.9 Å². The van der Waals surface area contributed by atoms with E-state index in [4.69, 9.17) is 4.74 Å². The van der Waals surface area contributed by atoms with Gasteiger partial charge in [0.05, 0.1) is 7.11 Å². The summed E-state index contributed by atoms with van der Waals surface area (Å²) in [5, 5.41) is 2.79. The number of amides is 4. The number of likely N-dealkylation sites (N-methyl/N-ethyl adjacent to an activating group) is 1. The minimum Gasteiger partial charge on any atom is -0.496 e. The van der Waals surface area contributed by atoms with E-state index in [-0.39, 0.29) is 19.0 Å². The first-order valence-electron chi connectivity index (χ1n) is 9.58. The van der Waals surface area contributed by atoms with Gasteiger partial charge >= 0.3 is 6.03 Å². The Balaban J connectivity index is 1.76. The number of imide groups is 1. The fourth-order valence-corrected chi connectivity index (χ4v) is 4.01. The Morgan fingerprint density at radius 2 is 1.90 bits per heavy atom. The maximum Gasteiger partial charge on any atom is 0.325 e. The fourth-order valence-electron chi connectivity index (χ4n) is 3.60. The van der Waals surface area contributed by atoms with Gasteiger partial charge in [-0.3, -0.25) is 14.5 Å². The highest BCUT2D eigenvalue weighted by molar-refractivity contribution is 9.10. The van der Waals surface area contributed by atoms with Crippen molar-refractivity contribution in [3.63, 3.8) is 0 Å². The van der Waals surface area contributed by atoms with Crippen LogP contribution in [0.15, 0.2) is 53.0 Å². The first kappa shape index (κ1) is 21.8. The topological polar surface area (TPSA) is 79.0 Å². The largest absolute Gasteiger partial charge is 0.496 e. The van der Waals surface area contributed by atoms with Crippen molar-refractivity contribution in [3.8, 4) is 5.75 Å². The van der Waals surface area contributed by atoms with Gasteiger partial charge in [0, 0.05) is 23.6 Å². The van der Waals surface area contributed by atoms with Gasteiger partial charge in [0.25, 0.3) is 5.91 Å². The Kier molecular flexibility index (Phi) is 6.45. The molecule has 1 saturated heterocycles. The van der Waals surface area contributed by atoms with Crippen LogP contribution in [0.2, 0.25) is 0 Å². The number of rotatable bonds is 7. The lowest BCUT2D eigenvalue weighted by Crippen LogP contribution is -2.45. The molecule has 1 aliphatic rings. The maximum atomic E-state index is 13.2. The summed E-state index contributed by atoms with van der Waals surface area (Å²) in [5.41, 5.74) is 0.366. The van der Waals surface area contributed by atoms with Crippen LogP contribution in [-0.4, -0.2) is 48.3 Å². The van der Waals surface area contributed by atoms with Crippen LogP contribution in [0.1, 0.15) is 24.5 Å². The van der Waals surface area contributed by atoms with Crippen LogP contribution in [0.5, 0.6) is 5.75 Å². The third kappa shape index (κ3) is 4.05. The minimum absolute atomic E-state index is 0.280. The molecule has 1 aliphatic heterocycles. The second-order valence-electron chi connectivity index (χ2n) is 7.15. The highest BCUT2D eigenvalue weighted by Crippen LogP contribution is 2.32. The summed E-state index contributed by atoms with van der Waals surface area (Å²) in [6.07, 6.45) is 0.386. The van der Waals surface area contributed by atoms with Crippen LogP contribution < -0.4 is 10.1 Å². The molecule has 7 nitrogen and oxygen atoms in total. The summed E-state index contributed by atoms with van der Waals surface area (Å²) < 4.78 is 6.22. The molecule has 3 rings (SSSR count). The normalized spacial score (nSPS) is 18.3. The predicted octanol–water partition coefficient (Wildman–Crippen LogP) is 3.27. The number of carbonyl (C=O) groups is 3. The van der Waals surface area contributed by atoms with Crippen molar-refractivity contribution in [1.82, 2.24) is 15.1 Å². The van der Waals surface area contributed by atoms with Crippen molar-refractivity contribution in [2.24, 2.45) is 0 Å². The van der Waals surface area contributed by atoms with Crippen molar-refractivity contribution < 1.29 is 19.1 Å². The maximum absolute atomic E-state index is 13.2. The Labute approximate surface area is 184 Å². The van der Waals surface area contributed by atoms with Gasteiger partial charge in [-0.15, -0.1) is 0 Å². The summed E-state index contributed by atoms with van der Waals surface area (Å²) >= 11 is 3.42. The van der Waals surface area contributed by atoms with E-state index in [1.807, 2.05) is 43.3 Å². The van der Waals surface area contributed by atoms with E-state index in [0.29, 0.717) is 17.7 Å². The number of nitrogens with one attached hydrogen (secondary N) is 1. The molecule has 0 aliphatic carbocycles. The van der Waals surface area contributed by atoms with Crippen LogP contribution in [0.4, 0.5) is 4.79 Å². The predicted molar refractivity (Wildman–Crippen MR) is 116 cm³/mol. The van der Waals surface area contributed by atoms with Crippen LogP contribution in [0.25, 0.3) is 0 Å². The lowest BCUT2D eigenvalue weighted by Gasteiger charge is -2.26. The van der Waals surface area contributed by atoms with Gasteiger partial charge < -0.3 is 15.0 Å². The molecule has 0 saturated carbocycles. The van der Waals surface area contributed by atoms with Crippen LogP contribution in [0, 0.1) is 0 Å². The Morgan fingerprint density at radius 1 is 1.20 bits per heavy atom. The lowest BCUT2D eigenvalue weighted by atomic mass is 9.87. The standard InChI is InChI=1S/C22H24BrN3O4/c1-4-22(16-8-6-5-7-9-16)20(28)26(21(29)24-22)14-19(27)25(2)13-15-12-17(23)10-11-18(15)30-3/h5-12H,4,13-14H2,1-3H3,(H,24,29)/t22-/m1/s1. The van der Waals surface area contributed by atoms with Crippen LogP contribution in [-0.2, 0) is 21.7 Å². The van der Waals surface area contributed by atoms with Crippen molar-refractivity contribution in [2.45, 2.75) is 25.4 Å². The third-order valence-electron chi connectivity index (χ3n) is 5.34. The van der Waals surface area contributed by atoms with E-state index in [1.54, 1.807) is 26.3 Å². The van der Waals surface area contributed by atoms with Gasteiger partial charge in [0.15, 0.2) is 0 Å². The minimum atomic E-state index is -1.15. The molecule has 1 N–H and O–H groups in total. The van der Waals surface area contributed by atoms with Crippen molar-refractivity contribution in [3.05, 3.63) is 64.1 Å². The molecule has 1 heterocycles. The third-order valence-corrected chi connectivity index (χ3v) is 5.83. The lowest BCUT2D eigenvalue weighted by molar-refractivity contribution is -0.138. The first-order valence-corrected chi connectivity index (χ1v) is 10.4. The SMILES string of the molecule is CC[C@]1(c2ccccc2)NC(=O)N(CC(=O)N(C)Cc2cc(Br)ccc2OC)C1=O. The molecule has 0 aromatic heterocycles. The average molecular weight is 474 g/mol. The van der Waals surface area contributed by atoms with E-state index < -0.39 is 17.5 Å². The molecule has 0 unspecified atom stereocenters. The first-order chi connectivity index (χ1) is 14.3. The van der Waals surface area contributed by atoms with Gasteiger partial charge in [-0.2, -0.15) is 0 Å². The number of hydrogen-bond donors (Lipinski definition) is 1. The number of benzene rings is 2. The fraction of sp³-hybridized carbons (Fsp3) is 0.318. The number of ether oxygens (including phenoxy) is 1. The van der Waals surface area contributed by atoms with Gasteiger partial charge in [0.1, 0.15) is 17.8 Å². The molecule has 4 amide bonds. The van der Waals surface area contributed by atoms with Gasteiger partial charge in [-0.05, 0) is 30.2 Å². The number of nitrogens with zero attached hydrogens (tertiary/aromatic N) is 2. The highest BCUT2D eigenvalue weighted by Gasteiger charge is 2.51. The molecular formula is C22H24BrN3O4. The monoisotopic (exact) mass is 473 g/mol. The highest BCUT2D eigenvalue weighted by atomic mass is 79.9. The van der Waals surface area contributed by atoms with Gasteiger partial charge in [0.2, 0.25) is 5.91 Å². The molecular weight excluding hydrogens is 450 g/mol. The quantitative estimate of drug-likeness (QED) is 0.625. The summed E-state index contributed by atoms with van der Waals surface area (Å²) in [7, 11) is 3.20. The number of halogens is 1. The Morgan fingerprint density at radius 3 is 2.53 bits per heavy atom. The van der Waals surface area contributed by atoms with E-state index in [9.17, 15) is 14.4 Å². The number of urea groups is 1. The molecule has 30 heavy (non-hydrogen) atoms. The zero-order chi connectivity index (χ0) is 21.9. The molecule has 1 atom stereocenters. The van der Waals surface area contributed by atoms with Crippen molar-refractivity contribution in [1.29, 1.82) is 0 Å². The molecule has 1 fully saturated rings. The summed E-state index contributed by atoms with van der Waals surface area (Å²) in [6, 6.07) is 14.1. The van der Waals surface area contributed by atoms with Gasteiger partial charge in [-0.1, -0.05) is 53.2 Å². The van der Waals surface area contributed by atoms with Crippen molar-refractivity contribution >= 4 is 33.8 Å². The Bertz CT molecular complexity index is 966.